The average Bonchev–Trinajstić information content (AvgIpc) is 2.93. The summed E-state index contributed by atoms with van der Waals surface area (Å²) in [6, 6.07) is 10.1. The Balaban J connectivity index is 1.82. The van der Waals surface area contributed by atoms with Crippen molar-refractivity contribution in [3.05, 3.63) is 36.5 Å². The molecule has 0 aliphatic rings. The van der Waals surface area contributed by atoms with Gasteiger partial charge in [0.15, 0.2) is 5.82 Å². The van der Waals surface area contributed by atoms with Gasteiger partial charge in [-0.25, -0.2) is 4.98 Å². The van der Waals surface area contributed by atoms with Crippen LogP contribution in [0.2, 0.25) is 0 Å². The van der Waals surface area contributed by atoms with Crippen molar-refractivity contribution in [1.82, 2.24) is 20.5 Å². The van der Waals surface area contributed by atoms with E-state index in [9.17, 15) is 0 Å². The lowest BCUT2D eigenvalue weighted by atomic mass is 10.0. The topological polar surface area (TPSA) is 91.6 Å². The summed E-state index contributed by atoms with van der Waals surface area (Å²) in [4.78, 5) is 4.36. The summed E-state index contributed by atoms with van der Waals surface area (Å²) < 4.78 is 0. The van der Waals surface area contributed by atoms with Crippen molar-refractivity contribution in [3.8, 4) is 11.1 Å². The second kappa shape index (κ2) is 6.44. The van der Waals surface area contributed by atoms with E-state index in [2.05, 4.69) is 37.9 Å². The van der Waals surface area contributed by atoms with E-state index >= 15 is 0 Å². The van der Waals surface area contributed by atoms with Crippen molar-refractivity contribution < 1.29 is 0 Å². The number of fused-ring (bicyclic) bond motifs is 1. The van der Waals surface area contributed by atoms with Crippen LogP contribution in [0.15, 0.2) is 36.5 Å². The zero-order valence-corrected chi connectivity index (χ0v) is 12.6. The number of nitrogens with zero attached hydrogens (tertiary/aromatic N) is 2. The Kier molecular flexibility index (Phi) is 4.20. The molecule has 3 aromatic rings. The molecule has 0 unspecified atom stereocenters. The molecule has 2 aromatic heterocycles. The molecule has 5 N–H and O–H groups in total. The van der Waals surface area contributed by atoms with Crippen molar-refractivity contribution in [2.75, 3.05) is 31.2 Å². The van der Waals surface area contributed by atoms with Crippen LogP contribution in [0.3, 0.4) is 0 Å². The molecule has 0 saturated carbocycles. The summed E-state index contributed by atoms with van der Waals surface area (Å²) in [5, 5.41) is 14.4. The third-order valence-electron chi connectivity index (χ3n) is 3.60. The van der Waals surface area contributed by atoms with Gasteiger partial charge in [0.05, 0.1) is 5.52 Å². The van der Waals surface area contributed by atoms with Crippen molar-refractivity contribution in [3.63, 3.8) is 0 Å². The summed E-state index contributed by atoms with van der Waals surface area (Å²) >= 11 is 0. The molecular weight excluding hydrogens is 276 g/mol. The van der Waals surface area contributed by atoms with Crippen LogP contribution in [-0.4, -0.2) is 35.3 Å². The van der Waals surface area contributed by atoms with E-state index in [0.29, 0.717) is 5.82 Å². The molecule has 6 heteroatoms. The summed E-state index contributed by atoms with van der Waals surface area (Å²) in [6.07, 6.45) is 2.87. The van der Waals surface area contributed by atoms with Crippen molar-refractivity contribution in [2.24, 2.45) is 0 Å². The van der Waals surface area contributed by atoms with Gasteiger partial charge in [0.25, 0.3) is 0 Å². The zero-order chi connectivity index (χ0) is 15.4. The number of H-pyrrole nitrogens is 1. The van der Waals surface area contributed by atoms with Gasteiger partial charge in [-0.2, -0.15) is 5.10 Å². The Labute approximate surface area is 129 Å². The first-order valence-corrected chi connectivity index (χ1v) is 7.36. The number of rotatable bonds is 6. The molecule has 22 heavy (non-hydrogen) atoms. The lowest BCUT2D eigenvalue weighted by Gasteiger charge is -2.08. The third-order valence-corrected chi connectivity index (χ3v) is 3.60. The van der Waals surface area contributed by atoms with Crippen LogP contribution < -0.4 is 16.4 Å². The average molecular weight is 296 g/mol. The number of nitrogen functional groups attached to an aromatic ring is 1. The molecule has 0 aliphatic carbocycles. The van der Waals surface area contributed by atoms with Gasteiger partial charge in [-0.15, -0.1) is 0 Å². The molecule has 0 saturated heterocycles. The fourth-order valence-corrected chi connectivity index (χ4v) is 2.40. The predicted octanol–water partition coefficient (Wildman–Crippen LogP) is 2.23. The van der Waals surface area contributed by atoms with E-state index in [1.165, 1.54) is 0 Å². The lowest BCUT2D eigenvalue weighted by molar-refractivity contribution is 0.747. The molecule has 114 valence electrons. The van der Waals surface area contributed by atoms with Crippen LogP contribution in [0.1, 0.15) is 6.42 Å². The third kappa shape index (κ3) is 3.01. The molecule has 0 spiro atoms. The van der Waals surface area contributed by atoms with Crippen molar-refractivity contribution in [2.45, 2.75) is 6.42 Å². The normalized spacial score (nSPS) is 11.0. The van der Waals surface area contributed by atoms with Gasteiger partial charge in [0, 0.05) is 18.1 Å². The molecule has 2 heterocycles. The standard InChI is InChI=1S/C16H20N6/c1-18-6-2-7-19-15-10-12(5-8-20-15)11-3-4-14-13(9-11)16(17)22-21-14/h3-5,8-10,18H,2,6-7H2,1H3,(H,19,20)(H3,17,21,22). The smallest absolute Gasteiger partial charge is 0.153 e. The largest absolute Gasteiger partial charge is 0.382 e. The molecule has 0 bridgehead atoms. The van der Waals surface area contributed by atoms with Crippen molar-refractivity contribution in [1.29, 1.82) is 0 Å². The van der Waals surface area contributed by atoms with Gasteiger partial charge in [0.2, 0.25) is 0 Å². The molecule has 6 nitrogen and oxygen atoms in total. The molecule has 0 amide bonds. The number of pyridine rings is 1. The van der Waals surface area contributed by atoms with E-state index in [1.807, 2.05) is 31.4 Å². The minimum Gasteiger partial charge on any atom is -0.382 e. The number of nitrogens with one attached hydrogen (secondary N) is 3. The molecule has 3 rings (SSSR count). The molecule has 0 fully saturated rings. The van der Waals surface area contributed by atoms with E-state index in [1.54, 1.807) is 0 Å². The maximum absolute atomic E-state index is 5.87. The summed E-state index contributed by atoms with van der Waals surface area (Å²) in [5.41, 5.74) is 9.02. The lowest BCUT2D eigenvalue weighted by Crippen LogP contribution is -2.13. The Bertz CT molecular complexity index is 764. The second-order valence-electron chi connectivity index (χ2n) is 5.18. The molecular formula is C16H20N6. The maximum Gasteiger partial charge on any atom is 0.153 e. The van der Waals surface area contributed by atoms with Gasteiger partial charge in [0.1, 0.15) is 5.82 Å². The van der Waals surface area contributed by atoms with Crippen LogP contribution >= 0.6 is 0 Å². The second-order valence-corrected chi connectivity index (χ2v) is 5.18. The number of aromatic amines is 1. The number of hydrogen-bond donors (Lipinski definition) is 4. The Hall–Kier alpha value is -2.60. The van der Waals surface area contributed by atoms with Crippen LogP contribution in [0.4, 0.5) is 11.6 Å². The van der Waals surface area contributed by atoms with E-state index < -0.39 is 0 Å². The molecule has 0 aliphatic heterocycles. The maximum atomic E-state index is 5.87. The fourth-order valence-electron chi connectivity index (χ4n) is 2.40. The van der Waals surface area contributed by atoms with E-state index in [0.717, 1.165) is 47.4 Å². The summed E-state index contributed by atoms with van der Waals surface area (Å²) in [7, 11) is 1.95. The van der Waals surface area contributed by atoms with Crippen LogP contribution in [0, 0.1) is 0 Å². The number of benzene rings is 1. The zero-order valence-electron chi connectivity index (χ0n) is 12.6. The van der Waals surface area contributed by atoms with Crippen LogP contribution in [0.5, 0.6) is 0 Å². The van der Waals surface area contributed by atoms with Crippen LogP contribution in [-0.2, 0) is 0 Å². The highest BCUT2D eigenvalue weighted by atomic mass is 15.1. The first-order chi connectivity index (χ1) is 10.8. The Morgan fingerprint density at radius 1 is 1.14 bits per heavy atom. The van der Waals surface area contributed by atoms with E-state index in [4.69, 9.17) is 5.73 Å². The molecule has 0 atom stereocenters. The fraction of sp³-hybridized carbons (Fsp3) is 0.250. The van der Waals surface area contributed by atoms with Gasteiger partial charge in [-0.1, -0.05) is 6.07 Å². The van der Waals surface area contributed by atoms with Gasteiger partial charge >= 0.3 is 0 Å². The van der Waals surface area contributed by atoms with Gasteiger partial charge in [-0.3, -0.25) is 5.10 Å². The van der Waals surface area contributed by atoms with E-state index in [-0.39, 0.29) is 0 Å². The Morgan fingerprint density at radius 2 is 2.00 bits per heavy atom. The predicted molar refractivity (Wildman–Crippen MR) is 90.8 cm³/mol. The number of aromatic nitrogens is 3. The molecule has 0 radical (unpaired) electrons. The van der Waals surface area contributed by atoms with Gasteiger partial charge in [-0.05, 0) is 55.4 Å². The number of anilines is 2. The highest BCUT2D eigenvalue weighted by Crippen LogP contribution is 2.27. The quantitative estimate of drug-likeness (QED) is 0.524. The minimum atomic E-state index is 0.524. The SMILES string of the molecule is CNCCCNc1cc(-c2ccc3[nH]nc(N)c3c2)ccn1. The monoisotopic (exact) mass is 296 g/mol. The highest BCUT2D eigenvalue weighted by molar-refractivity contribution is 5.92. The summed E-state index contributed by atoms with van der Waals surface area (Å²) in [5.74, 6) is 1.41. The van der Waals surface area contributed by atoms with Gasteiger partial charge < -0.3 is 16.4 Å². The van der Waals surface area contributed by atoms with Crippen molar-refractivity contribution >= 4 is 22.5 Å². The summed E-state index contributed by atoms with van der Waals surface area (Å²) in [6.45, 7) is 1.88. The molecule has 1 aromatic carbocycles. The first-order valence-electron chi connectivity index (χ1n) is 7.36. The minimum absolute atomic E-state index is 0.524. The number of nitrogens with two attached hydrogens (primary N) is 1. The first kappa shape index (κ1) is 14.3. The Morgan fingerprint density at radius 3 is 2.86 bits per heavy atom. The van der Waals surface area contributed by atoms with Crippen LogP contribution in [0.25, 0.3) is 22.0 Å². The highest BCUT2D eigenvalue weighted by Gasteiger charge is 2.05. The number of hydrogen-bond acceptors (Lipinski definition) is 5.